The number of aliphatic hydroxyl groups excluding tert-OH is 1. The highest BCUT2D eigenvalue weighted by Gasteiger charge is 2.49. The number of fused-ring (bicyclic) bond motifs is 1. The Morgan fingerprint density at radius 3 is 2.83 bits per heavy atom. The molecule has 0 aromatic carbocycles. The molecule has 0 radical (unpaired) electrons. The van der Waals surface area contributed by atoms with E-state index >= 15 is 0 Å². The quantitative estimate of drug-likeness (QED) is 0.489. The fourth-order valence-corrected chi connectivity index (χ4v) is 1.55. The minimum Gasteiger partial charge on any atom is -0.391 e. The van der Waals surface area contributed by atoms with Gasteiger partial charge in [0.25, 0.3) is 0 Å². The van der Waals surface area contributed by atoms with Crippen LogP contribution in [0.1, 0.15) is 6.92 Å². The largest absolute Gasteiger partial charge is 0.391 e. The summed E-state index contributed by atoms with van der Waals surface area (Å²) in [6.45, 7) is 1.63. The molecule has 2 N–H and O–H groups in total. The van der Waals surface area contributed by atoms with Gasteiger partial charge in [-0.05, 0) is 6.92 Å². The molecule has 5 nitrogen and oxygen atoms in total. The van der Waals surface area contributed by atoms with Crippen LogP contribution in [0.2, 0.25) is 0 Å². The first-order chi connectivity index (χ1) is 5.72. The van der Waals surface area contributed by atoms with Crippen LogP contribution in [-0.2, 0) is 14.3 Å². The van der Waals surface area contributed by atoms with E-state index in [-0.39, 0.29) is 30.8 Å². The highest BCUT2D eigenvalue weighted by molar-refractivity contribution is 5.85. The summed E-state index contributed by atoms with van der Waals surface area (Å²) in [4.78, 5) is 10.9. The number of carbonyl (C=O) groups excluding carboxylic acids is 1. The first-order valence-corrected chi connectivity index (χ1v) is 3.94. The van der Waals surface area contributed by atoms with Crippen LogP contribution in [0.3, 0.4) is 0 Å². The smallest absolute Gasteiger partial charge is 0.232 e. The highest BCUT2D eigenvalue weighted by atomic mass is 16.7. The molecule has 12 heavy (non-hydrogen) atoms. The van der Waals surface area contributed by atoms with Crippen molar-refractivity contribution in [3.8, 4) is 0 Å². The summed E-state index contributed by atoms with van der Waals surface area (Å²) in [7, 11) is 0. The zero-order chi connectivity index (χ0) is 8.72. The Kier molecular flexibility index (Phi) is 1.79. The van der Waals surface area contributed by atoms with Crippen molar-refractivity contribution in [3.63, 3.8) is 0 Å². The molecule has 0 aromatic rings. The predicted octanol–water partition coefficient (Wildman–Crippen LogP) is -1.19. The lowest BCUT2D eigenvalue weighted by Gasteiger charge is -2.45. The molecule has 5 heteroatoms. The summed E-state index contributed by atoms with van der Waals surface area (Å²) in [5.41, 5.74) is 0. The van der Waals surface area contributed by atoms with Crippen molar-refractivity contribution >= 4 is 5.91 Å². The maximum atomic E-state index is 10.9. The Morgan fingerprint density at radius 2 is 2.33 bits per heavy atom. The minimum atomic E-state index is -0.596. The number of rotatable bonds is 1. The lowest BCUT2D eigenvalue weighted by molar-refractivity contribution is -0.292. The average molecular weight is 173 g/mol. The molecule has 0 spiro atoms. The Bertz CT molecular complexity index is 200. The van der Waals surface area contributed by atoms with Gasteiger partial charge in [0, 0.05) is 0 Å². The molecule has 2 fully saturated rings. The van der Waals surface area contributed by atoms with E-state index in [0.29, 0.717) is 0 Å². The molecular weight excluding hydrogens is 162 g/mol. The molecule has 2 aliphatic rings. The lowest BCUT2D eigenvalue weighted by Crippen LogP contribution is -2.67. The van der Waals surface area contributed by atoms with E-state index in [0.717, 1.165) is 0 Å². The summed E-state index contributed by atoms with van der Waals surface area (Å²) in [6, 6.07) is 0. The van der Waals surface area contributed by atoms with Crippen LogP contribution in [0.5, 0.6) is 0 Å². The van der Waals surface area contributed by atoms with Crippen molar-refractivity contribution in [1.29, 1.82) is 0 Å². The van der Waals surface area contributed by atoms with Crippen molar-refractivity contribution in [2.45, 2.75) is 25.5 Å². The van der Waals surface area contributed by atoms with Gasteiger partial charge in [-0.25, -0.2) is 0 Å². The zero-order valence-corrected chi connectivity index (χ0v) is 6.69. The molecule has 2 rings (SSSR count). The molecule has 2 aliphatic heterocycles. The van der Waals surface area contributed by atoms with E-state index in [2.05, 4.69) is 5.32 Å². The van der Waals surface area contributed by atoms with E-state index < -0.39 is 6.29 Å². The lowest BCUT2D eigenvalue weighted by atomic mass is 9.92. The van der Waals surface area contributed by atoms with E-state index in [4.69, 9.17) is 14.6 Å². The van der Waals surface area contributed by atoms with Crippen LogP contribution >= 0.6 is 0 Å². The van der Waals surface area contributed by atoms with Crippen molar-refractivity contribution in [1.82, 2.24) is 5.32 Å². The summed E-state index contributed by atoms with van der Waals surface area (Å²) in [5.74, 6) is -0.239. The maximum Gasteiger partial charge on any atom is 0.232 e. The standard InChI is InChI=1S/C7H11NO4/c1-3-5-6(10)8-7(5)12-4(2-9)11-3/h3-5,7,9H,2H2,1H3,(H,8,10). The van der Waals surface area contributed by atoms with Gasteiger partial charge in [-0.15, -0.1) is 0 Å². The van der Waals surface area contributed by atoms with Crippen LogP contribution in [-0.4, -0.2) is 36.2 Å². The number of carbonyl (C=O) groups is 1. The average Bonchev–Trinajstić information content (AvgIpc) is 2.00. The van der Waals surface area contributed by atoms with Gasteiger partial charge >= 0.3 is 0 Å². The van der Waals surface area contributed by atoms with Crippen molar-refractivity contribution in [3.05, 3.63) is 0 Å². The summed E-state index contributed by atoms with van der Waals surface area (Å²) in [5, 5.41) is 11.3. The normalized spacial score (nSPS) is 46.0. The molecule has 0 aromatic heterocycles. The van der Waals surface area contributed by atoms with Crippen LogP contribution in [0, 0.1) is 5.92 Å². The van der Waals surface area contributed by atoms with Gasteiger partial charge in [0.2, 0.25) is 5.91 Å². The molecular formula is C7H11NO4. The van der Waals surface area contributed by atoms with Crippen molar-refractivity contribution < 1.29 is 19.4 Å². The molecule has 4 unspecified atom stereocenters. The Labute approximate surface area is 69.6 Å². The summed E-state index contributed by atoms with van der Waals surface area (Å²) < 4.78 is 10.4. The third-order valence-electron chi connectivity index (χ3n) is 2.23. The number of ether oxygens (including phenoxy) is 2. The zero-order valence-electron chi connectivity index (χ0n) is 6.69. The molecule has 0 bridgehead atoms. The monoisotopic (exact) mass is 173 g/mol. The Balaban J connectivity index is 2.01. The number of hydrogen-bond donors (Lipinski definition) is 2. The van der Waals surface area contributed by atoms with Crippen LogP contribution in [0.4, 0.5) is 0 Å². The maximum absolute atomic E-state index is 10.9. The van der Waals surface area contributed by atoms with Gasteiger partial charge < -0.3 is 19.9 Å². The van der Waals surface area contributed by atoms with Crippen molar-refractivity contribution in [2.75, 3.05) is 6.61 Å². The van der Waals surface area contributed by atoms with Gasteiger partial charge in [0.15, 0.2) is 6.29 Å². The van der Waals surface area contributed by atoms with Crippen LogP contribution < -0.4 is 5.32 Å². The third kappa shape index (κ3) is 1.01. The molecule has 1 amide bonds. The molecule has 68 valence electrons. The topological polar surface area (TPSA) is 67.8 Å². The molecule has 0 saturated carbocycles. The molecule has 0 aliphatic carbocycles. The number of amides is 1. The summed E-state index contributed by atoms with van der Waals surface area (Å²) >= 11 is 0. The van der Waals surface area contributed by atoms with E-state index in [1.807, 2.05) is 6.92 Å². The Morgan fingerprint density at radius 1 is 1.58 bits per heavy atom. The minimum absolute atomic E-state index is 0.0381. The molecule has 2 saturated heterocycles. The second-order valence-electron chi connectivity index (χ2n) is 3.04. The van der Waals surface area contributed by atoms with Crippen LogP contribution in [0.25, 0.3) is 0 Å². The second-order valence-corrected chi connectivity index (χ2v) is 3.04. The van der Waals surface area contributed by atoms with Crippen molar-refractivity contribution in [2.24, 2.45) is 5.92 Å². The molecule has 4 atom stereocenters. The fourth-order valence-electron chi connectivity index (χ4n) is 1.55. The SMILES string of the molecule is CC1OC(CO)OC2NC(=O)C12. The van der Waals surface area contributed by atoms with Gasteiger partial charge in [-0.2, -0.15) is 0 Å². The number of β-lactam (4-membered cyclic amide) rings is 1. The Hall–Kier alpha value is -0.650. The van der Waals surface area contributed by atoms with E-state index in [1.165, 1.54) is 0 Å². The third-order valence-corrected chi connectivity index (χ3v) is 2.23. The van der Waals surface area contributed by atoms with E-state index in [9.17, 15) is 4.79 Å². The van der Waals surface area contributed by atoms with Gasteiger partial charge in [0.05, 0.1) is 12.7 Å². The van der Waals surface area contributed by atoms with Gasteiger partial charge in [-0.1, -0.05) is 0 Å². The van der Waals surface area contributed by atoms with Gasteiger partial charge in [-0.3, -0.25) is 4.79 Å². The van der Waals surface area contributed by atoms with Crippen LogP contribution in [0.15, 0.2) is 0 Å². The van der Waals surface area contributed by atoms with E-state index in [1.54, 1.807) is 0 Å². The summed E-state index contributed by atoms with van der Waals surface area (Å²) in [6.07, 6.45) is -1.03. The first kappa shape index (κ1) is 7.97. The van der Waals surface area contributed by atoms with Gasteiger partial charge in [0.1, 0.15) is 12.1 Å². The molecule has 2 heterocycles. The second kappa shape index (κ2) is 2.69. The predicted molar refractivity (Wildman–Crippen MR) is 37.9 cm³/mol. The fraction of sp³-hybridized carbons (Fsp3) is 0.857. The number of hydrogen-bond acceptors (Lipinski definition) is 4. The first-order valence-electron chi connectivity index (χ1n) is 3.94. The number of nitrogens with one attached hydrogen (secondary N) is 1. The highest BCUT2D eigenvalue weighted by Crippen LogP contribution is 2.29. The number of aliphatic hydroxyl groups is 1.